The van der Waals surface area contributed by atoms with E-state index in [4.69, 9.17) is 19.4 Å². The largest absolute Gasteiger partial charge is 0.497 e. The number of hydrogen-bond acceptors (Lipinski definition) is 7. The summed E-state index contributed by atoms with van der Waals surface area (Å²) in [6.45, 7) is 4.08. The van der Waals surface area contributed by atoms with Gasteiger partial charge in [-0.15, -0.1) is 0 Å². The Morgan fingerprint density at radius 1 is 1.14 bits per heavy atom. The van der Waals surface area contributed by atoms with Crippen LogP contribution in [-0.4, -0.2) is 49.9 Å². The summed E-state index contributed by atoms with van der Waals surface area (Å²) >= 11 is 0. The minimum atomic E-state index is 0.162. The number of methoxy groups -OCH3 is 1. The average molecular weight is 391 g/mol. The molecule has 7 nitrogen and oxygen atoms in total. The summed E-state index contributed by atoms with van der Waals surface area (Å²) < 4.78 is 10.9. The molecule has 0 amide bonds. The second-order valence-corrected chi connectivity index (χ2v) is 7.36. The molecule has 3 aromatic rings. The van der Waals surface area contributed by atoms with Gasteiger partial charge >= 0.3 is 0 Å². The number of ether oxygens (including phenoxy) is 2. The summed E-state index contributed by atoms with van der Waals surface area (Å²) in [7, 11) is 1.69. The summed E-state index contributed by atoms with van der Waals surface area (Å²) in [5.74, 6) is 1.83. The third-order valence-electron chi connectivity index (χ3n) is 5.64. The maximum atomic E-state index is 5.54. The van der Waals surface area contributed by atoms with Crippen LogP contribution in [-0.2, 0) is 4.74 Å². The summed E-state index contributed by atoms with van der Waals surface area (Å²) in [5.41, 5.74) is 10.8. The van der Waals surface area contributed by atoms with Crippen molar-refractivity contribution in [3.63, 3.8) is 0 Å². The Balaban J connectivity index is 1.69. The van der Waals surface area contributed by atoms with Crippen LogP contribution in [0.15, 0.2) is 42.6 Å². The molecule has 2 N–H and O–H groups in total. The van der Waals surface area contributed by atoms with Gasteiger partial charge in [0.2, 0.25) is 0 Å². The van der Waals surface area contributed by atoms with Crippen LogP contribution in [0.3, 0.4) is 0 Å². The van der Waals surface area contributed by atoms with Gasteiger partial charge in [-0.2, -0.15) is 0 Å². The lowest BCUT2D eigenvalue weighted by Gasteiger charge is -2.29. The Morgan fingerprint density at radius 2 is 1.97 bits per heavy atom. The van der Waals surface area contributed by atoms with E-state index in [1.807, 2.05) is 18.3 Å². The summed E-state index contributed by atoms with van der Waals surface area (Å²) in [4.78, 5) is 12.1. The van der Waals surface area contributed by atoms with Crippen molar-refractivity contribution in [1.29, 1.82) is 0 Å². The van der Waals surface area contributed by atoms with E-state index >= 15 is 0 Å². The maximum Gasteiger partial charge on any atom is 0.130 e. The van der Waals surface area contributed by atoms with Gasteiger partial charge in [0.25, 0.3) is 0 Å². The predicted octanol–water partition coefficient (Wildman–Crippen LogP) is 2.68. The lowest BCUT2D eigenvalue weighted by molar-refractivity contribution is 0.122. The molecule has 2 aromatic heterocycles. The molecule has 0 saturated carbocycles. The van der Waals surface area contributed by atoms with Crippen molar-refractivity contribution in [2.24, 2.45) is 0 Å². The first-order valence-corrected chi connectivity index (χ1v) is 10.1. The molecule has 0 aliphatic carbocycles. The minimum absolute atomic E-state index is 0.162. The number of fused-ring (bicyclic) bond motifs is 1. The van der Waals surface area contributed by atoms with E-state index in [-0.39, 0.29) is 6.04 Å². The van der Waals surface area contributed by atoms with Crippen molar-refractivity contribution < 1.29 is 9.47 Å². The van der Waals surface area contributed by atoms with Gasteiger partial charge in [0, 0.05) is 31.2 Å². The maximum absolute atomic E-state index is 5.54. The Morgan fingerprint density at radius 3 is 2.69 bits per heavy atom. The molecular formula is C22H25N5O2. The van der Waals surface area contributed by atoms with Crippen LogP contribution < -0.4 is 20.5 Å². The molecule has 0 bridgehead atoms. The SMILES string of the molecule is COc1ccc(-c2cc(N3CCOCC3)nc3c(C4CCNN4)nccc23)cc1. The predicted molar refractivity (Wildman–Crippen MR) is 113 cm³/mol. The average Bonchev–Trinajstić information content (AvgIpc) is 3.33. The van der Waals surface area contributed by atoms with Gasteiger partial charge in [0.05, 0.1) is 37.6 Å². The van der Waals surface area contributed by atoms with Gasteiger partial charge in [-0.1, -0.05) is 12.1 Å². The number of rotatable bonds is 4. The van der Waals surface area contributed by atoms with Gasteiger partial charge < -0.3 is 14.4 Å². The summed E-state index contributed by atoms with van der Waals surface area (Å²) in [5, 5.41) is 1.12. The van der Waals surface area contributed by atoms with Crippen molar-refractivity contribution in [1.82, 2.24) is 20.8 Å². The van der Waals surface area contributed by atoms with Gasteiger partial charge in [0.1, 0.15) is 11.6 Å². The summed E-state index contributed by atoms with van der Waals surface area (Å²) in [6.07, 6.45) is 2.88. The normalized spacial score (nSPS) is 19.6. The van der Waals surface area contributed by atoms with E-state index in [0.29, 0.717) is 0 Å². The Labute approximate surface area is 170 Å². The fourth-order valence-electron chi connectivity index (χ4n) is 4.07. The highest BCUT2D eigenvalue weighted by molar-refractivity contribution is 5.97. The zero-order chi connectivity index (χ0) is 19.6. The number of pyridine rings is 2. The van der Waals surface area contributed by atoms with Gasteiger partial charge in [-0.25, -0.2) is 10.4 Å². The van der Waals surface area contributed by atoms with E-state index in [9.17, 15) is 0 Å². The Hall–Kier alpha value is -2.74. The van der Waals surface area contributed by atoms with Crippen molar-refractivity contribution in [3.05, 3.63) is 48.3 Å². The Bertz CT molecular complexity index is 996. The van der Waals surface area contributed by atoms with Crippen LogP contribution in [0.1, 0.15) is 18.2 Å². The highest BCUT2D eigenvalue weighted by Gasteiger charge is 2.23. The van der Waals surface area contributed by atoms with E-state index in [1.165, 1.54) is 0 Å². The number of morpholine rings is 1. The number of aromatic nitrogens is 2. The third-order valence-corrected chi connectivity index (χ3v) is 5.64. The van der Waals surface area contributed by atoms with Crippen molar-refractivity contribution in [3.8, 4) is 16.9 Å². The van der Waals surface area contributed by atoms with Crippen molar-refractivity contribution in [2.75, 3.05) is 44.9 Å². The van der Waals surface area contributed by atoms with Crippen molar-refractivity contribution in [2.45, 2.75) is 12.5 Å². The molecule has 1 aromatic carbocycles. The molecule has 1 atom stereocenters. The first kappa shape index (κ1) is 18.3. The molecule has 0 radical (unpaired) electrons. The lowest BCUT2D eigenvalue weighted by Crippen LogP contribution is -2.36. The molecule has 2 fully saturated rings. The lowest BCUT2D eigenvalue weighted by atomic mass is 9.99. The standard InChI is InChI=1S/C22H25N5O2/c1-28-16-4-2-15(3-5-16)18-14-20(27-10-12-29-13-11-27)25-21-17(18)6-8-23-22(21)19-7-9-24-26-19/h2-6,8,14,19,24,26H,7,9-13H2,1H3. The highest BCUT2D eigenvalue weighted by Crippen LogP contribution is 2.35. The molecule has 7 heteroatoms. The highest BCUT2D eigenvalue weighted by atomic mass is 16.5. The number of anilines is 1. The zero-order valence-corrected chi connectivity index (χ0v) is 16.5. The van der Waals surface area contributed by atoms with Gasteiger partial charge in [0.15, 0.2) is 0 Å². The Kier molecular flexibility index (Phi) is 5.01. The molecular weight excluding hydrogens is 366 g/mol. The molecule has 2 aliphatic rings. The third kappa shape index (κ3) is 3.53. The molecule has 2 saturated heterocycles. The number of hydrazine groups is 1. The van der Waals surface area contributed by atoms with E-state index < -0.39 is 0 Å². The van der Waals surface area contributed by atoms with E-state index in [0.717, 1.165) is 78.6 Å². The fourth-order valence-corrected chi connectivity index (χ4v) is 4.07. The molecule has 5 rings (SSSR count). The van der Waals surface area contributed by atoms with Crippen molar-refractivity contribution >= 4 is 16.7 Å². The van der Waals surface area contributed by atoms with Crippen LogP contribution in [0.4, 0.5) is 5.82 Å². The molecule has 0 spiro atoms. The second-order valence-electron chi connectivity index (χ2n) is 7.36. The second kappa shape index (κ2) is 7.94. The van der Waals surface area contributed by atoms with Crippen LogP contribution in [0.5, 0.6) is 5.75 Å². The first-order valence-electron chi connectivity index (χ1n) is 10.1. The van der Waals surface area contributed by atoms with Crippen LogP contribution >= 0.6 is 0 Å². The van der Waals surface area contributed by atoms with Crippen LogP contribution in [0.25, 0.3) is 22.0 Å². The number of nitrogens with zero attached hydrogens (tertiary/aromatic N) is 3. The molecule has 2 aliphatic heterocycles. The number of benzene rings is 1. The summed E-state index contributed by atoms with van der Waals surface area (Å²) in [6, 6.07) is 12.6. The quantitative estimate of drug-likeness (QED) is 0.708. The van der Waals surface area contributed by atoms with E-state index in [2.05, 4.69) is 40.0 Å². The number of nitrogens with one attached hydrogen (secondary N) is 2. The monoisotopic (exact) mass is 391 g/mol. The van der Waals surface area contributed by atoms with E-state index in [1.54, 1.807) is 7.11 Å². The van der Waals surface area contributed by atoms with Gasteiger partial charge in [-0.05, 0) is 41.8 Å². The molecule has 1 unspecified atom stereocenters. The molecule has 150 valence electrons. The zero-order valence-electron chi connectivity index (χ0n) is 16.5. The molecule has 4 heterocycles. The smallest absolute Gasteiger partial charge is 0.130 e. The first-order chi connectivity index (χ1) is 14.3. The number of hydrogen-bond donors (Lipinski definition) is 2. The minimum Gasteiger partial charge on any atom is -0.497 e. The topological polar surface area (TPSA) is 71.5 Å². The van der Waals surface area contributed by atoms with Crippen LogP contribution in [0, 0.1) is 0 Å². The van der Waals surface area contributed by atoms with Gasteiger partial charge in [-0.3, -0.25) is 10.4 Å². The molecule has 29 heavy (non-hydrogen) atoms. The fraction of sp³-hybridized carbons (Fsp3) is 0.364. The van der Waals surface area contributed by atoms with Crippen LogP contribution in [0.2, 0.25) is 0 Å².